The molecule has 1 N–H and O–H groups in total. The van der Waals surface area contributed by atoms with Gasteiger partial charge in [0, 0.05) is 24.8 Å². The van der Waals surface area contributed by atoms with Gasteiger partial charge in [0.25, 0.3) is 5.91 Å². The second-order valence-corrected chi connectivity index (χ2v) is 6.01. The van der Waals surface area contributed by atoms with Gasteiger partial charge in [-0.1, -0.05) is 31.0 Å². The normalized spacial score (nSPS) is 14.7. The number of nitrogens with one attached hydrogen (secondary N) is 1. The fourth-order valence-corrected chi connectivity index (χ4v) is 2.97. The van der Waals surface area contributed by atoms with Crippen molar-refractivity contribution in [3.8, 4) is 0 Å². The van der Waals surface area contributed by atoms with E-state index in [1.807, 2.05) is 37.3 Å². The lowest BCUT2D eigenvalue weighted by atomic mass is 10.2. The predicted molar refractivity (Wildman–Crippen MR) is 91.8 cm³/mol. The van der Waals surface area contributed by atoms with Crippen LogP contribution in [0, 0.1) is 6.92 Å². The van der Waals surface area contributed by atoms with Crippen LogP contribution in [0.3, 0.4) is 0 Å². The first-order valence-corrected chi connectivity index (χ1v) is 8.09. The molecule has 0 saturated heterocycles. The lowest BCUT2D eigenvalue weighted by molar-refractivity contribution is 0.0988. The molecule has 1 amide bonds. The Hall–Kier alpha value is -2.43. The monoisotopic (exact) mass is 310 g/mol. The number of aryl methyl sites for hydroxylation is 1. The number of nitrogens with zero attached hydrogens (tertiary/aromatic N) is 3. The molecule has 5 nitrogen and oxygen atoms in total. The van der Waals surface area contributed by atoms with E-state index in [1.165, 1.54) is 12.8 Å². The van der Waals surface area contributed by atoms with Crippen LogP contribution in [0.4, 0.5) is 11.5 Å². The van der Waals surface area contributed by atoms with Crippen LogP contribution in [0.15, 0.2) is 36.4 Å². The topological polar surface area (TPSA) is 58.1 Å². The maximum Gasteiger partial charge on any atom is 0.276 e. The molecule has 1 heterocycles. The quantitative estimate of drug-likeness (QED) is 0.940. The lowest BCUT2D eigenvalue weighted by Gasteiger charge is -2.18. The first kappa shape index (κ1) is 15.5. The molecule has 1 aromatic carbocycles. The van der Waals surface area contributed by atoms with Crippen LogP contribution in [0.5, 0.6) is 0 Å². The van der Waals surface area contributed by atoms with Crippen molar-refractivity contribution >= 4 is 17.4 Å². The SMILES string of the molecule is Cc1nc(NC2CCCC2)cc(C(=O)N(C)c2ccccc2)n1. The van der Waals surface area contributed by atoms with Gasteiger partial charge in [0.15, 0.2) is 0 Å². The number of amides is 1. The molecule has 5 heteroatoms. The fraction of sp³-hybridized carbons (Fsp3) is 0.389. The van der Waals surface area contributed by atoms with Gasteiger partial charge in [-0.15, -0.1) is 0 Å². The minimum atomic E-state index is -0.129. The van der Waals surface area contributed by atoms with Crippen molar-refractivity contribution in [2.24, 2.45) is 0 Å². The summed E-state index contributed by atoms with van der Waals surface area (Å²) in [5.41, 5.74) is 1.27. The highest BCUT2D eigenvalue weighted by atomic mass is 16.2. The number of carbonyl (C=O) groups excluding carboxylic acids is 1. The Balaban J connectivity index is 1.81. The molecule has 0 unspecified atom stereocenters. The number of benzene rings is 1. The molecule has 1 aliphatic rings. The van der Waals surface area contributed by atoms with Gasteiger partial charge in [-0.05, 0) is 31.9 Å². The summed E-state index contributed by atoms with van der Waals surface area (Å²) in [6.07, 6.45) is 4.83. The van der Waals surface area contributed by atoms with E-state index in [0.717, 1.165) is 24.3 Å². The lowest BCUT2D eigenvalue weighted by Crippen LogP contribution is -2.28. The zero-order valence-corrected chi connectivity index (χ0v) is 13.6. The van der Waals surface area contributed by atoms with E-state index < -0.39 is 0 Å². The van der Waals surface area contributed by atoms with E-state index in [4.69, 9.17) is 0 Å². The van der Waals surface area contributed by atoms with Gasteiger partial charge in [0.1, 0.15) is 17.3 Å². The van der Waals surface area contributed by atoms with Gasteiger partial charge in [0.05, 0.1) is 0 Å². The number of aromatic nitrogens is 2. The maximum absolute atomic E-state index is 12.7. The Kier molecular flexibility index (Phi) is 4.55. The molecule has 0 radical (unpaired) electrons. The van der Waals surface area contributed by atoms with Crippen molar-refractivity contribution in [2.45, 2.75) is 38.6 Å². The standard InChI is InChI=1S/C18H22N4O/c1-13-19-16(12-17(20-13)21-14-8-6-7-9-14)18(23)22(2)15-10-4-3-5-11-15/h3-5,10-12,14H,6-9H2,1-2H3,(H,19,20,21). The Morgan fingerprint density at radius 1 is 1.17 bits per heavy atom. The number of para-hydroxylation sites is 1. The first-order chi connectivity index (χ1) is 11.1. The zero-order valence-electron chi connectivity index (χ0n) is 13.6. The minimum Gasteiger partial charge on any atom is -0.367 e. The van der Waals surface area contributed by atoms with E-state index in [2.05, 4.69) is 15.3 Å². The largest absolute Gasteiger partial charge is 0.367 e. The van der Waals surface area contributed by atoms with E-state index in [9.17, 15) is 4.79 Å². The Labute approximate surface area is 136 Å². The van der Waals surface area contributed by atoms with Gasteiger partial charge in [-0.25, -0.2) is 9.97 Å². The summed E-state index contributed by atoms with van der Waals surface area (Å²) in [6, 6.07) is 11.8. The number of rotatable bonds is 4. The van der Waals surface area contributed by atoms with Crippen LogP contribution in [-0.2, 0) is 0 Å². The molecule has 0 atom stereocenters. The number of hydrogen-bond acceptors (Lipinski definition) is 4. The molecule has 0 bridgehead atoms. The van der Waals surface area contributed by atoms with Crippen molar-refractivity contribution in [1.29, 1.82) is 0 Å². The second-order valence-electron chi connectivity index (χ2n) is 6.01. The van der Waals surface area contributed by atoms with Crippen molar-refractivity contribution in [3.63, 3.8) is 0 Å². The highest BCUT2D eigenvalue weighted by Crippen LogP contribution is 2.22. The summed E-state index contributed by atoms with van der Waals surface area (Å²) in [4.78, 5) is 23.0. The van der Waals surface area contributed by atoms with Gasteiger partial charge in [-0.3, -0.25) is 4.79 Å². The predicted octanol–water partition coefficient (Wildman–Crippen LogP) is 3.42. The summed E-state index contributed by atoms with van der Waals surface area (Å²) >= 11 is 0. The van der Waals surface area contributed by atoms with Crippen molar-refractivity contribution in [2.75, 3.05) is 17.3 Å². The average Bonchev–Trinajstić information content (AvgIpc) is 3.06. The molecule has 120 valence electrons. The summed E-state index contributed by atoms with van der Waals surface area (Å²) in [7, 11) is 1.76. The maximum atomic E-state index is 12.7. The highest BCUT2D eigenvalue weighted by molar-refractivity contribution is 6.04. The molecule has 0 spiro atoms. The Bertz CT molecular complexity index is 681. The van der Waals surface area contributed by atoms with Gasteiger partial charge in [-0.2, -0.15) is 0 Å². The van der Waals surface area contributed by atoms with Gasteiger partial charge < -0.3 is 10.2 Å². The molecular weight excluding hydrogens is 288 g/mol. The second kappa shape index (κ2) is 6.77. The van der Waals surface area contributed by atoms with Crippen LogP contribution >= 0.6 is 0 Å². The van der Waals surface area contributed by atoms with Crippen LogP contribution in [0.2, 0.25) is 0 Å². The number of anilines is 2. The molecule has 0 aliphatic heterocycles. The molecule has 23 heavy (non-hydrogen) atoms. The van der Waals surface area contributed by atoms with E-state index >= 15 is 0 Å². The first-order valence-electron chi connectivity index (χ1n) is 8.09. The summed E-state index contributed by atoms with van der Waals surface area (Å²) in [6.45, 7) is 1.82. The molecule has 3 rings (SSSR count). The van der Waals surface area contributed by atoms with Gasteiger partial charge >= 0.3 is 0 Å². The van der Waals surface area contributed by atoms with Crippen molar-refractivity contribution in [1.82, 2.24) is 9.97 Å². The third kappa shape index (κ3) is 3.67. The third-order valence-electron chi connectivity index (χ3n) is 4.21. The van der Waals surface area contributed by atoms with E-state index in [0.29, 0.717) is 17.6 Å². The van der Waals surface area contributed by atoms with E-state index in [-0.39, 0.29) is 5.91 Å². The van der Waals surface area contributed by atoms with Crippen molar-refractivity contribution in [3.05, 3.63) is 47.9 Å². The van der Waals surface area contributed by atoms with E-state index in [1.54, 1.807) is 18.0 Å². The minimum absolute atomic E-state index is 0.129. The van der Waals surface area contributed by atoms with Crippen LogP contribution in [0.25, 0.3) is 0 Å². The van der Waals surface area contributed by atoms with Crippen LogP contribution in [-0.4, -0.2) is 29.0 Å². The molecule has 2 aromatic rings. The molecule has 1 fully saturated rings. The highest BCUT2D eigenvalue weighted by Gasteiger charge is 2.19. The van der Waals surface area contributed by atoms with Crippen molar-refractivity contribution < 1.29 is 4.79 Å². The molecule has 1 saturated carbocycles. The smallest absolute Gasteiger partial charge is 0.276 e. The average molecular weight is 310 g/mol. The number of hydrogen-bond donors (Lipinski definition) is 1. The third-order valence-corrected chi connectivity index (χ3v) is 4.21. The molecule has 1 aromatic heterocycles. The molecular formula is C18H22N4O. The van der Waals surface area contributed by atoms with Gasteiger partial charge in [0.2, 0.25) is 0 Å². The Morgan fingerprint density at radius 3 is 2.57 bits per heavy atom. The fourth-order valence-electron chi connectivity index (χ4n) is 2.97. The summed E-state index contributed by atoms with van der Waals surface area (Å²) < 4.78 is 0. The zero-order chi connectivity index (χ0) is 16.2. The number of carbonyl (C=O) groups is 1. The van der Waals surface area contributed by atoms with Crippen LogP contribution in [0.1, 0.15) is 42.0 Å². The summed E-state index contributed by atoms with van der Waals surface area (Å²) in [5, 5.41) is 3.43. The molecule has 1 aliphatic carbocycles. The van der Waals surface area contributed by atoms with Crippen LogP contribution < -0.4 is 10.2 Å². The Morgan fingerprint density at radius 2 is 1.87 bits per heavy atom. The summed E-state index contributed by atoms with van der Waals surface area (Å²) in [5.74, 6) is 1.23.